The van der Waals surface area contributed by atoms with Crippen LogP contribution in [0.2, 0.25) is 0 Å². The summed E-state index contributed by atoms with van der Waals surface area (Å²) < 4.78 is 2.01. The van der Waals surface area contributed by atoms with Gasteiger partial charge in [0.15, 0.2) is 0 Å². The number of thioether (sulfide) groups is 1. The van der Waals surface area contributed by atoms with E-state index in [2.05, 4.69) is 42.3 Å². The van der Waals surface area contributed by atoms with Crippen molar-refractivity contribution in [2.45, 2.75) is 25.9 Å². The van der Waals surface area contributed by atoms with Gasteiger partial charge in [-0.3, -0.25) is 4.68 Å². The van der Waals surface area contributed by atoms with Gasteiger partial charge in [0.2, 0.25) is 0 Å². The van der Waals surface area contributed by atoms with Crippen LogP contribution in [-0.4, -0.2) is 34.4 Å². The molecule has 0 saturated carbocycles. The number of nitrogens with one attached hydrogen (secondary N) is 1. The highest BCUT2D eigenvalue weighted by molar-refractivity contribution is 7.99. The lowest BCUT2D eigenvalue weighted by Gasteiger charge is -2.16. The Morgan fingerprint density at radius 1 is 1.60 bits per heavy atom. The maximum Gasteiger partial charge on any atom is 0.0521 e. The summed E-state index contributed by atoms with van der Waals surface area (Å²) in [6, 6.07) is 0.681. The molecule has 1 aromatic rings. The zero-order valence-electron chi connectivity index (χ0n) is 9.44. The second-order valence-corrected chi connectivity index (χ2v) is 5.18. The second-order valence-electron chi connectivity index (χ2n) is 4.10. The van der Waals surface area contributed by atoms with Crippen molar-refractivity contribution in [1.29, 1.82) is 0 Å². The molecule has 1 aliphatic rings. The molecule has 0 aromatic carbocycles. The number of rotatable bonds is 4. The number of aryl methyl sites for hydroxylation is 1. The lowest BCUT2D eigenvalue weighted by atomic mass is 9.97. The molecule has 4 heteroatoms. The first-order valence-corrected chi connectivity index (χ1v) is 6.75. The van der Waals surface area contributed by atoms with Crippen molar-refractivity contribution in [3.05, 3.63) is 18.0 Å². The van der Waals surface area contributed by atoms with Crippen LogP contribution in [0.1, 0.15) is 12.5 Å². The average Bonchev–Trinajstić information content (AvgIpc) is 2.87. The minimum atomic E-state index is 0.681. The summed E-state index contributed by atoms with van der Waals surface area (Å²) in [5, 5.41) is 7.72. The van der Waals surface area contributed by atoms with Gasteiger partial charge in [0.05, 0.1) is 6.20 Å². The zero-order valence-corrected chi connectivity index (χ0v) is 10.3. The summed E-state index contributed by atoms with van der Waals surface area (Å²) in [6.45, 7) is 3.09. The third kappa shape index (κ3) is 2.55. The van der Waals surface area contributed by atoms with Gasteiger partial charge in [-0.1, -0.05) is 0 Å². The monoisotopic (exact) mass is 225 g/mol. The highest BCUT2D eigenvalue weighted by atomic mass is 32.2. The predicted molar refractivity (Wildman–Crippen MR) is 65.3 cm³/mol. The Balaban J connectivity index is 1.95. The van der Waals surface area contributed by atoms with Crippen LogP contribution in [0.15, 0.2) is 12.4 Å². The summed E-state index contributed by atoms with van der Waals surface area (Å²) in [5.74, 6) is 3.31. The standard InChI is InChI=1S/C11H19N3S/c1-3-14-6-9(5-13-14)4-10-7-15-8-11(10)12-2/h5-6,10-12H,3-4,7-8H2,1-2H3. The fraction of sp³-hybridized carbons (Fsp3) is 0.727. The molecule has 15 heavy (non-hydrogen) atoms. The van der Waals surface area contributed by atoms with Gasteiger partial charge in [-0.15, -0.1) is 0 Å². The van der Waals surface area contributed by atoms with Crippen LogP contribution >= 0.6 is 11.8 Å². The van der Waals surface area contributed by atoms with Gasteiger partial charge in [-0.05, 0) is 37.6 Å². The molecule has 0 bridgehead atoms. The van der Waals surface area contributed by atoms with Gasteiger partial charge in [-0.2, -0.15) is 16.9 Å². The largest absolute Gasteiger partial charge is 0.316 e. The molecule has 3 nitrogen and oxygen atoms in total. The smallest absolute Gasteiger partial charge is 0.0521 e. The first-order chi connectivity index (χ1) is 7.33. The Morgan fingerprint density at radius 3 is 3.13 bits per heavy atom. The summed E-state index contributed by atoms with van der Waals surface area (Å²) in [6.07, 6.45) is 5.35. The van der Waals surface area contributed by atoms with E-state index in [0.29, 0.717) is 6.04 Å². The Hall–Kier alpha value is -0.480. The van der Waals surface area contributed by atoms with E-state index in [0.717, 1.165) is 12.5 Å². The zero-order chi connectivity index (χ0) is 10.7. The van der Waals surface area contributed by atoms with Gasteiger partial charge in [0, 0.05) is 24.5 Å². The molecule has 0 radical (unpaired) electrons. The molecule has 0 aliphatic carbocycles. The van der Waals surface area contributed by atoms with Crippen molar-refractivity contribution in [3.8, 4) is 0 Å². The lowest BCUT2D eigenvalue weighted by molar-refractivity contribution is 0.453. The highest BCUT2D eigenvalue weighted by Crippen LogP contribution is 2.26. The van der Waals surface area contributed by atoms with Crippen LogP contribution in [-0.2, 0) is 13.0 Å². The topological polar surface area (TPSA) is 29.9 Å². The average molecular weight is 225 g/mol. The summed E-state index contributed by atoms with van der Waals surface area (Å²) >= 11 is 2.06. The van der Waals surface area contributed by atoms with Gasteiger partial charge >= 0.3 is 0 Å². The van der Waals surface area contributed by atoms with E-state index in [4.69, 9.17) is 0 Å². The molecular formula is C11H19N3S. The molecule has 2 atom stereocenters. The molecule has 0 spiro atoms. The van der Waals surface area contributed by atoms with Crippen molar-refractivity contribution in [2.24, 2.45) is 5.92 Å². The minimum Gasteiger partial charge on any atom is -0.316 e. The predicted octanol–water partition coefficient (Wildman–Crippen LogP) is 1.40. The molecule has 1 N–H and O–H groups in total. The van der Waals surface area contributed by atoms with E-state index in [-0.39, 0.29) is 0 Å². The van der Waals surface area contributed by atoms with Crippen LogP contribution < -0.4 is 5.32 Å². The first-order valence-electron chi connectivity index (χ1n) is 5.59. The van der Waals surface area contributed by atoms with Crippen LogP contribution in [0.5, 0.6) is 0 Å². The molecule has 0 amide bonds. The maximum atomic E-state index is 4.32. The van der Waals surface area contributed by atoms with E-state index >= 15 is 0 Å². The Bertz CT molecular complexity index is 311. The summed E-state index contributed by atoms with van der Waals surface area (Å²) in [4.78, 5) is 0. The normalized spacial score (nSPS) is 26.0. The third-order valence-corrected chi connectivity index (χ3v) is 4.34. The fourth-order valence-corrected chi connectivity index (χ4v) is 3.59. The van der Waals surface area contributed by atoms with Crippen LogP contribution in [0.3, 0.4) is 0 Å². The Morgan fingerprint density at radius 2 is 2.47 bits per heavy atom. The van der Waals surface area contributed by atoms with Crippen LogP contribution in [0.4, 0.5) is 0 Å². The number of hydrogen-bond acceptors (Lipinski definition) is 3. The van der Waals surface area contributed by atoms with E-state index in [1.165, 1.54) is 23.5 Å². The van der Waals surface area contributed by atoms with Crippen molar-refractivity contribution in [1.82, 2.24) is 15.1 Å². The van der Waals surface area contributed by atoms with E-state index in [1.807, 2.05) is 10.9 Å². The summed E-state index contributed by atoms with van der Waals surface area (Å²) in [7, 11) is 2.07. The highest BCUT2D eigenvalue weighted by Gasteiger charge is 2.26. The van der Waals surface area contributed by atoms with Gasteiger partial charge in [0.25, 0.3) is 0 Å². The van der Waals surface area contributed by atoms with E-state index in [9.17, 15) is 0 Å². The number of nitrogens with zero attached hydrogens (tertiary/aromatic N) is 2. The molecule has 1 fully saturated rings. The quantitative estimate of drug-likeness (QED) is 0.840. The van der Waals surface area contributed by atoms with E-state index in [1.54, 1.807) is 0 Å². The molecule has 2 heterocycles. The van der Waals surface area contributed by atoms with Crippen LogP contribution in [0, 0.1) is 5.92 Å². The fourth-order valence-electron chi connectivity index (χ4n) is 2.11. The Labute approximate surface area is 95.6 Å². The third-order valence-electron chi connectivity index (χ3n) is 3.08. The molecule has 1 saturated heterocycles. The van der Waals surface area contributed by atoms with E-state index < -0.39 is 0 Å². The van der Waals surface area contributed by atoms with Crippen molar-refractivity contribution in [3.63, 3.8) is 0 Å². The van der Waals surface area contributed by atoms with Crippen LogP contribution in [0.25, 0.3) is 0 Å². The molecule has 1 aliphatic heterocycles. The molecule has 2 rings (SSSR count). The number of hydrogen-bond donors (Lipinski definition) is 1. The second kappa shape index (κ2) is 5.03. The maximum absolute atomic E-state index is 4.32. The van der Waals surface area contributed by atoms with Crippen molar-refractivity contribution >= 4 is 11.8 Å². The summed E-state index contributed by atoms with van der Waals surface area (Å²) in [5.41, 5.74) is 1.38. The minimum absolute atomic E-state index is 0.681. The van der Waals surface area contributed by atoms with Crippen molar-refractivity contribution in [2.75, 3.05) is 18.6 Å². The van der Waals surface area contributed by atoms with Gasteiger partial charge in [-0.25, -0.2) is 0 Å². The molecule has 2 unspecified atom stereocenters. The molecule has 1 aromatic heterocycles. The molecular weight excluding hydrogens is 206 g/mol. The Kier molecular flexibility index (Phi) is 3.70. The number of aromatic nitrogens is 2. The van der Waals surface area contributed by atoms with Gasteiger partial charge in [0.1, 0.15) is 0 Å². The lowest BCUT2D eigenvalue weighted by Crippen LogP contribution is -2.33. The SMILES string of the molecule is CCn1cc(CC2CSCC2NC)cn1. The van der Waals surface area contributed by atoms with Gasteiger partial charge < -0.3 is 5.32 Å². The first kappa shape index (κ1) is 11.0. The molecule has 84 valence electrons. The van der Waals surface area contributed by atoms with Crippen molar-refractivity contribution < 1.29 is 0 Å².